The molecule has 3 unspecified atom stereocenters. The molecule has 0 spiro atoms. The molecule has 1 aromatic rings. The smallest absolute Gasteiger partial charge is 0.413 e. The summed E-state index contributed by atoms with van der Waals surface area (Å²) in [6.07, 6.45) is 2.50. The van der Waals surface area contributed by atoms with Crippen molar-refractivity contribution < 1.29 is 28.2 Å². The van der Waals surface area contributed by atoms with Gasteiger partial charge in [-0.05, 0) is 92.0 Å². The molecule has 0 radical (unpaired) electrons. The predicted molar refractivity (Wildman–Crippen MR) is 159 cm³/mol. The van der Waals surface area contributed by atoms with Gasteiger partial charge in [0.2, 0.25) is 0 Å². The molecule has 3 atom stereocenters. The molecule has 0 bridgehead atoms. The second-order valence-corrected chi connectivity index (χ2v) is 14.2. The summed E-state index contributed by atoms with van der Waals surface area (Å²) in [6.45, 7) is 16.6. The minimum Gasteiger partial charge on any atom is -0.444 e. The molecule has 0 saturated carbocycles. The summed E-state index contributed by atoms with van der Waals surface area (Å²) in [4.78, 5) is 33.7. The Morgan fingerprint density at radius 2 is 1.81 bits per heavy atom. The fourth-order valence-electron chi connectivity index (χ4n) is 5.99. The molecular weight excluding hydrogens is 541 g/mol. The average Bonchev–Trinajstić information content (AvgIpc) is 3.23. The third-order valence-electron chi connectivity index (χ3n) is 7.80. The summed E-state index contributed by atoms with van der Waals surface area (Å²) in [5.74, 6) is 0.392. The Kier molecular flexibility index (Phi) is 10.0. The Bertz CT molecular complexity index is 1090. The number of nitrogens with one attached hydrogen (secondary N) is 2. The highest BCUT2D eigenvalue weighted by molar-refractivity contribution is 5.83. The number of aromatic nitrogens is 1. The number of pyridine rings is 1. The first-order valence-electron chi connectivity index (χ1n) is 15.3. The van der Waals surface area contributed by atoms with E-state index in [4.69, 9.17) is 14.2 Å². The van der Waals surface area contributed by atoms with Crippen LogP contribution in [0.3, 0.4) is 0 Å². The van der Waals surface area contributed by atoms with E-state index < -0.39 is 23.0 Å². The molecule has 2 N–H and O–H groups in total. The molecular formula is C31H50FN5O5. The van der Waals surface area contributed by atoms with E-state index in [1.807, 2.05) is 54.5 Å². The first-order valence-corrected chi connectivity index (χ1v) is 15.3. The van der Waals surface area contributed by atoms with Gasteiger partial charge in [-0.2, -0.15) is 0 Å². The van der Waals surface area contributed by atoms with Crippen LogP contribution >= 0.6 is 0 Å². The molecule has 2 amide bonds. The molecule has 0 aromatic carbocycles. The number of anilines is 1. The van der Waals surface area contributed by atoms with Crippen molar-refractivity contribution in [2.45, 2.75) is 103 Å². The fourth-order valence-corrected chi connectivity index (χ4v) is 5.99. The summed E-state index contributed by atoms with van der Waals surface area (Å²) in [7, 11) is 0. The largest absolute Gasteiger partial charge is 0.444 e. The zero-order valence-corrected chi connectivity index (χ0v) is 26.4. The maximum Gasteiger partial charge on any atom is 0.413 e. The van der Waals surface area contributed by atoms with Crippen LogP contribution in [-0.2, 0) is 20.6 Å². The first kappa shape index (κ1) is 32.4. The topological polar surface area (TPSA) is 105 Å². The van der Waals surface area contributed by atoms with Crippen molar-refractivity contribution in [3.63, 3.8) is 0 Å². The lowest BCUT2D eigenvalue weighted by molar-refractivity contribution is -0.0790. The van der Waals surface area contributed by atoms with Crippen molar-refractivity contribution in [1.29, 1.82) is 0 Å². The minimum absolute atomic E-state index is 0.0238. The van der Waals surface area contributed by atoms with E-state index in [1.165, 1.54) is 0 Å². The Balaban J connectivity index is 1.37. The highest BCUT2D eigenvalue weighted by Crippen LogP contribution is 2.33. The minimum atomic E-state index is -1.16. The highest BCUT2D eigenvalue weighted by atomic mass is 19.1. The van der Waals surface area contributed by atoms with Crippen LogP contribution in [0.15, 0.2) is 12.1 Å². The Labute approximate surface area is 250 Å². The molecule has 3 saturated heterocycles. The molecule has 3 aliphatic rings. The van der Waals surface area contributed by atoms with Gasteiger partial charge in [-0.1, -0.05) is 6.42 Å². The van der Waals surface area contributed by atoms with Crippen LogP contribution in [0.25, 0.3) is 0 Å². The van der Waals surface area contributed by atoms with Crippen LogP contribution in [0.5, 0.6) is 0 Å². The number of alkyl halides is 1. The lowest BCUT2D eigenvalue weighted by Crippen LogP contribution is -2.68. The molecule has 4 rings (SSSR count). The lowest BCUT2D eigenvalue weighted by Gasteiger charge is -2.50. The summed E-state index contributed by atoms with van der Waals surface area (Å²) in [5.41, 5.74) is -0.646. The van der Waals surface area contributed by atoms with Crippen molar-refractivity contribution in [2.24, 2.45) is 5.92 Å². The van der Waals surface area contributed by atoms with Gasteiger partial charge >= 0.3 is 12.2 Å². The number of hydrogen-bond donors (Lipinski definition) is 2. The van der Waals surface area contributed by atoms with Crippen molar-refractivity contribution in [3.8, 4) is 0 Å². The normalized spacial score (nSPS) is 24.7. The standard InChI is InChI=1S/C31H50FN5O5/c1-21-14-23(34-26(15-21)35-27(38)41-29(2,3)4)16-22-17-37(28(39)42-30(5,6)7)18-24(22)40-13-12-36-19-31(32,20-36)25-10-8-9-11-33-25/h14-15,22,24-25,33H,8-13,16-20H2,1-7H3,(H,34,35,38). The van der Waals surface area contributed by atoms with Crippen molar-refractivity contribution in [3.05, 3.63) is 23.4 Å². The monoisotopic (exact) mass is 591 g/mol. The predicted octanol–water partition coefficient (Wildman–Crippen LogP) is 4.70. The molecule has 4 heterocycles. The van der Waals surface area contributed by atoms with E-state index >= 15 is 4.39 Å². The van der Waals surface area contributed by atoms with Crippen molar-refractivity contribution in [1.82, 2.24) is 20.1 Å². The molecule has 3 aliphatic heterocycles. The van der Waals surface area contributed by atoms with Crippen LogP contribution in [0.2, 0.25) is 0 Å². The number of likely N-dealkylation sites (tertiary alicyclic amines) is 2. The zero-order valence-electron chi connectivity index (χ0n) is 26.4. The van der Waals surface area contributed by atoms with E-state index in [-0.39, 0.29) is 24.2 Å². The Hall–Kier alpha value is -2.50. The number of hydrogen-bond acceptors (Lipinski definition) is 8. The van der Waals surface area contributed by atoms with Gasteiger partial charge in [0.25, 0.3) is 0 Å². The number of ether oxygens (including phenoxy) is 3. The van der Waals surface area contributed by atoms with Gasteiger partial charge in [-0.3, -0.25) is 10.2 Å². The number of piperidine rings is 1. The van der Waals surface area contributed by atoms with Crippen molar-refractivity contribution in [2.75, 3.05) is 51.2 Å². The van der Waals surface area contributed by atoms with E-state index in [0.717, 1.165) is 37.1 Å². The number of halogens is 1. The van der Waals surface area contributed by atoms with Gasteiger partial charge < -0.3 is 24.4 Å². The number of aryl methyl sites for hydroxylation is 1. The molecule has 11 heteroatoms. The average molecular weight is 592 g/mol. The quantitative estimate of drug-likeness (QED) is 0.449. The van der Waals surface area contributed by atoms with Crippen LogP contribution in [-0.4, -0.2) is 102 Å². The summed E-state index contributed by atoms with van der Waals surface area (Å²) >= 11 is 0. The molecule has 3 fully saturated rings. The lowest BCUT2D eigenvalue weighted by atomic mass is 9.83. The summed E-state index contributed by atoms with van der Waals surface area (Å²) in [5, 5.41) is 6.08. The summed E-state index contributed by atoms with van der Waals surface area (Å²) in [6, 6.07) is 3.72. The number of carbonyl (C=O) groups excluding carboxylic acids is 2. The van der Waals surface area contributed by atoms with Gasteiger partial charge in [0, 0.05) is 43.8 Å². The first-order chi connectivity index (χ1) is 19.6. The van der Waals surface area contributed by atoms with E-state index in [2.05, 4.69) is 20.5 Å². The van der Waals surface area contributed by atoms with E-state index in [9.17, 15) is 9.59 Å². The zero-order chi connectivity index (χ0) is 30.7. The molecule has 0 aliphatic carbocycles. The number of amides is 2. The fraction of sp³-hybridized carbons (Fsp3) is 0.774. The maximum atomic E-state index is 15.3. The molecule has 236 valence electrons. The number of carbonyl (C=O) groups is 2. The van der Waals surface area contributed by atoms with E-state index in [1.54, 1.807) is 11.0 Å². The van der Waals surface area contributed by atoms with Crippen LogP contribution in [0.4, 0.5) is 19.8 Å². The van der Waals surface area contributed by atoms with Gasteiger partial charge in [0.1, 0.15) is 17.0 Å². The molecule has 42 heavy (non-hydrogen) atoms. The van der Waals surface area contributed by atoms with Gasteiger partial charge in [-0.15, -0.1) is 0 Å². The van der Waals surface area contributed by atoms with Crippen LogP contribution in [0, 0.1) is 12.8 Å². The van der Waals surface area contributed by atoms with Gasteiger partial charge in [0.05, 0.1) is 19.3 Å². The second kappa shape index (κ2) is 13.0. The van der Waals surface area contributed by atoms with Crippen molar-refractivity contribution >= 4 is 18.0 Å². The van der Waals surface area contributed by atoms with Crippen LogP contribution < -0.4 is 10.6 Å². The highest BCUT2D eigenvalue weighted by Gasteiger charge is 2.49. The van der Waals surface area contributed by atoms with Gasteiger partial charge in [-0.25, -0.2) is 19.0 Å². The number of rotatable bonds is 8. The van der Waals surface area contributed by atoms with Crippen LogP contribution in [0.1, 0.15) is 72.1 Å². The third kappa shape index (κ3) is 9.25. The number of nitrogens with zero attached hydrogens (tertiary/aromatic N) is 3. The van der Waals surface area contributed by atoms with Gasteiger partial charge in [0.15, 0.2) is 5.67 Å². The maximum absolute atomic E-state index is 15.3. The SMILES string of the molecule is Cc1cc(CC2CN(C(=O)OC(C)(C)C)CC2OCCN2CC(F)(C3CCCCN3)C2)nc(NC(=O)OC(C)(C)C)c1. The summed E-state index contributed by atoms with van der Waals surface area (Å²) < 4.78 is 32.7. The third-order valence-corrected chi connectivity index (χ3v) is 7.80. The second-order valence-electron chi connectivity index (χ2n) is 14.2. The molecule has 1 aromatic heterocycles. The Morgan fingerprint density at radius 1 is 1.10 bits per heavy atom. The molecule has 10 nitrogen and oxygen atoms in total. The van der Waals surface area contributed by atoms with E-state index in [0.29, 0.717) is 51.6 Å². The Morgan fingerprint density at radius 3 is 2.45 bits per heavy atom.